The van der Waals surface area contributed by atoms with Crippen LogP contribution in [0.1, 0.15) is 12.5 Å². The molecule has 0 amide bonds. The zero-order chi connectivity index (χ0) is 9.40. The number of hydrogen-bond donors (Lipinski definition) is 2. The largest absolute Gasteiger partial charge is 0.399 e. The van der Waals surface area contributed by atoms with E-state index in [1.807, 2.05) is 6.07 Å². The number of anilines is 1. The summed E-state index contributed by atoms with van der Waals surface area (Å²) in [6.07, 6.45) is 0. The SMILES string of the molecule is CCO.N#Cc1ccc(N)cc1. The third-order valence-electron chi connectivity index (χ3n) is 1.04. The summed E-state index contributed by atoms with van der Waals surface area (Å²) >= 11 is 0. The van der Waals surface area contributed by atoms with E-state index in [0.29, 0.717) is 11.3 Å². The molecule has 0 aliphatic carbocycles. The van der Waals surface area contributed by atoms with Crippen molar-refractivity contribution < 1.29 is 5.11 Å². The molecule has 0 aromatic heterocycles. The maximum absolute atomic E-state index is 8.34. The minimum absolute atomic E-state index is 0.250. The molecule has 3 nitrogen and oxygen atoms in total. The summed E-state index contributed by atoms with van der Waals surface area (Å²) in [6.45, 7) is 1.93. The Labute approximate surface area is 72.1 Å². The second kappa shape index (κ2) is 6.20. The van der Waals surface area contributed by atoms with Crippen LogP contribution in [0.3, 0.4) is 0 Å². The van der Waals surface area contributed by atoms with Crippen molar-refractivity contribution in [2.24, 2.45) is 0 Å². The molecule has 0 heterocycles. The van der Waals surface area contributed by atoms with E-state index >= 15 is 0 Å². The Balaban J connectivity index is 0.000000354. The summed E-state index contributed by atoms with van der Waals surface area (Å²) < 4.78 is 0. The Morgan fingerprint density at radius 3 is 2.17 bits per heavy atom. The van der Waals surface area contributed by atoms with E-state index in [9.17, 15) is 0 Å². The summed E-state index contributed by atoms with van der Waals surface area (Å²) in [7, 11) is 0. The van der Waals surface area contributed by atoms with Crippen LogP contribution in [0.5, 0.6) is 0 Å². The fourth-order valence-corrected chi connectivity index (χ4v) is 0.558. The fourth-order valence-electron chi connectivity index (χ4n) is 0.558. The highest BCUT2D eigenvalue weighted by Crippen LogP contribution is 2.02. The maximum atomic E-state index is 8.34. The van der Waals surface area contributed by atoms with Crippen molar-refractivity contribution in [2.75, 3.05) is 12.3 Å². The van der Waals surface area contributed by atoms with Gasteiger partial charge < -0.3 is 10.8 Å². The molecule has 12 heavy (non-hydrogen) atoms. The lowest BCUT2D eigenvalue weighted by molar-refractivity contribution is 0.318. The van der Waals surface area contributed by atoms with Gasteiger partial charge in [-0.3, -0.25) is 0 Å². The van der Waals surface area contributed by atoms with Crippen molar-refractivity contribution >= 4 is 5.69 Å². The lowest BCUT2D eigenvalue weighted by atomic mass is 10.2. The van der Waals surface area contributed by atoms with Crippen LogP contribution in [0, 0.1) is 11.3 Å². The molecule has 1 rings (SSSR count). The smallest absolute Gasteiger partial charge is 0.0991 e. The zero-order valence-electron chi connectivity index (χ0n) is 6.99. The monoisotopic (exact) mass is 164 g/mol. The molecule has 0 aliphatic heterocycles. The first-order valence-corrected chi connectivity index (χ1v) is 3.61. The number of aliphatic hydroxyl groups is 1. The van der Waals surface area contributed by atoms with Gasteiger partial charge in [0.05, 0.1) is 11.6 Å². The average Bonchev–Trinajstić information content (AvgIpc) is 2.07. The first-order valence-electron chi connectivity index (χ1n) is 3.61. The Kier molecular flexibility index (Phi) is 5.41. The molecule has 1 aromatic rings. The lowest BCUT2D eigenvalue weighted by Gasteiger charge is -1.88. The molecule has 64 valence electrons. The summed E-state index contributed by atoms with van der Waals surface area (Å²) in [4.78, 5) is 0. The topological polar surface area (TPSA) is 70.0 Å². The van der Waals surface area contributed by atoms with Crippen molar-refractivity contribution in [1.82, 2.24) is 0 Å². The Morgan fingerprint density at radius 2 is 1.83 bits per heavy atom. The number of nitrogens with two attached hydrogens (primary N) is 1. The van der Waals surface area contributed by atoms with Gasteiger partial charge in [-0.15, -0.1) is 0 Å². The van der Waals surface area contributed by atoms with E-state index in [1.54, 1.807) is 31.2 Å². The second-order valence-electron chi connectivity index (χ2n) is 2.05. The van der Waals surface area contributed by atoms with Crippen LogP contribution in [0.2, 0.25) is 0 Å². The predicted molar refractivity (Wildman–Crippen MR) is 48.3 cm³/mol. The molecule has 0 saturated carbocycles. The molecule has 0 spiro atoms. The summed E-state index contributed by atoms with van der Waals surface area (Å²) in [5.41, 5.74) is 6.70. The minimum atomic E-state index is 0.250. The van der Waals surface area contributed by atoms with Crippen LogP contribution >= 0.6 is 0 Å². The van der Waals surface area contributed by atoms with Crippen molar-refractivity contribution in [3.8, 4) is 6.07 Å². The summed E-state index contributed by atoms with van der Waals surface area (Å²) in [5, 5.41) is 15.9. The highest BCUT2D eigenvalue weighted by molar-refractivity contribution is 5.42. The number of benzene rings is 1. The standard InChI is InChI=1S/C7H6N2.C2H6O/c8-5-6-1-3-7(9)4-2-6;1-2-3/h1-4H,9H2;3H,2H2,1H3. The van der Waals surface area contributed by atoms with Crippen molar-refractivity contribution in [1.29, 1.82) is 5.26 Å². The van der Waals surface area contributed by atoms with E-state index in [4.69, 9.17) is 16.1 Å². The molecule has 0 aliphatic rings. The van der Waals surface area contributed by atoms with Crippen molar-refractivity contribution in [3.05, 3.63) is 29.8 Å². The van der Waals surface area contributed by atoms with Crippen LogP contribution in [0.15, 0.2) is 24.3 Å². The van der Waals surface area contributed by atoms with Gasteiger partial charge in [0.2, 0.25) is 0 Å². The molecule has 0 atom stereocenters. The van der Waals surface area contributed by atoms with Gasteiger partial charge in [-0.1, -0.05) is 0 Å². The molecule has 3 N–H and O–H groups in total. The number of aliphatic hydroxyl groups excluding tert-OH is 1. The maximum Gasteiger partial charge on any atom is 0.0991 e. The van der Waals surface area contributed by atoms with Crippen LogP contribution < -0.4 is 5.73 Å². The first kappa shape index (κ1) is 10.5. The van der Waals surface area contributed by atoms with Crippen molar-refractivity contribution in [2.45, 2.75) is 6.92 Å². The second-order valence-corrected chi connectivity index (χ2v) is 2.05. The normalized spacial score (nSPS) is 7.75. The van der Waals surface area contributed by atoms with E-state index in [-0.39, 0.29) is 6.61 Å². The zero-order valence-corrected chi connectivity index (χ0v) is 6.99. The van der Waals surface area contributed by atoms with Gasteiger partial charge in [0.1, 0.15) is 0 Å². The van der Waals surface area contributed by atoms with Gasteiger partial charge >= 0.3 is 0 Å². The van der Waals surface area contributed by atoms with E-state index < -0.39 is 0 Å². The van der Waals surface area contributed by atoms with Gasteiger partial charge in [-0.05, 0) is 31.2 Å². The number of nitriles is 1. The van der Waals surface area contributed by atoms with Crippen LogP contribution in [0.25, 0.3) is 0 Å². The Bertz CT molecular complexity index is 248. The van der Waals surface area contributed by atoms with Gasteiger partial charge in [0, 0.05) is 12.3 Å². The Hall–Kier alpha value is -1.53. The fraction of sp³-hybridized carbons (Fsp3) is 0.222. The van der Waals surface area contributed by atoms with Crippen LogP contribution in [-0.2, 0) is 0 Å². The third-order valence-corrected chi connectivity index (χ3v) is 1.04. The van der Waals surface area contributed by atoms with Gasteiger partial charge in [0.25, 0.3) is 0 Å². The van der Waals surface area contributed by atoms with Crippen LogP contribution in [-0.4, -0.2) is 11.7 Å². The molecule has 0 fully saturated rings. The number of nitrogens with zero attached hydrogens (tertiary/aromatic N) is 1. The quantitative estimate of drug-likeness (QED) is 0.565. The molecule has 1 aromatic carbocycles. The first-order chi connectivity index (χ1) is 5.74. The molecule has 0 unspecified atom stereocenters. The van der Waals surface area contributed by atoms with Crippen LogP contribution in [0.4, 0.5) is 5.69 Å². The highest BCUT2D eigenvalue weighted by atomic mass is 16.2. The number of hydrogen-bond acceptors (Lipinski definition) is 3. The summed E-state index contributed by atoms with van der Waals surface area (Å²) in [5.74, 6) is 0. The molecule has 0 saturated heterocycles. The van der Waals surface area contributed by atoms with Gasteiger partial charge in [0.15, 0.2) is 0 Å². The molecular weight excluding hydrogens is 152 g/mol. The molecule has 0 radical (unpaired) electrons. The molecule has 0 bridgehead atoms. The molecule has 3 heteroatoms. The van der Waals surface area contributed by atoms with E-state index in [2.05, 4.69) is 0 Å². The lowest BCUT2D eigenvalue weighted by Crippen LogP contribution is -1.82. The van der Waals surface area contributed by atoms with E-state index in [1.165, 1.54) is 0 Å². The Morgan fingerprint density at radius 1 is 1.42 bits per heavy atom. The van der Waals surface area contributed by atoms with Crippen molar-refractivity contribution in [3.63, 3.8) is 0 Å². The highest BCUT2D eigenvalue weighted by Gasteiger charge is 1.85. The van der Waals surface area contributed by atoms with E-state index in [0.717, 1.165) is 0 Å². The predicted octanol–water partition coefficient (Wildman–Crippen LogP) is 1.14. The summed E-state index contributed by atoms with van der Waals surface area (Å²) in [6, 6.07) is 8.79. The average molecular weight is 164 g/mol. The molecular formula is C9H12N2O. The van der Waals surface area contributed by atoms with Gasteiger partial charge in [-0.2, -0.15) is 5.26 Å². The van der Waals surface area contributed by atoms with Gasteiger partial charge in [-0.25, -0.2) is 0 Å². The minimum Gasteiger partial charge on any atom is -0.399 e. The number of rotatable bonds is 0. The third kappa shape index (κ3) is 4.31. The number of nitrogen functional groups attached to an aromatic ring is 1.